The van der Waals surface area contributed by atoms with Gasteiger partial charge in [0, 0.05) is 45.2 Å². The second-order valence-electron chi connectivity index (χ2n) is 6.93. The Labute approximate surface area is 141 Å². The summed E-state index contributed by atoms with van der Waals surface area (Å²) < 4.78 is 3.99. The number of fused-ring (bicyclic) bond motifs is 1. The minimum Gasteiger partial charge on any atom is -0.338 e. The van der Waals surface area contributed by atoms with E-state index in [-0.39, 0.29) is 5.91 Å². The maximum atomic E-state index is 12.7. The highest BCUT2D eigenvalue weighted by Crippen LogP contribution is 2.28. The zero-order valence-corrected chi connectivity index (χ0v) is 14.2. The summed E-state index contributed by atoms with van der Waals surface area (Å²) in [5, 5.41) is 13.0. The molecule has 2 aromatic heterocycles. The lowest BCUT2D eigenvalue weighted by Gasteiger charge is -2.32. The molecule has 0 radical (unpaired) electrons. The van der Waals surface area contributed by atoms with Crippen LogP contribution in [-0.4, -0.2) is 48.4 Å². The van der Waals surface area contributed by atoms with E-state index in [4.69, 9.17) is 0 Å². The van der Waals surface area contributed by atoms with Gasteiger partial charge in [-0.05, 0) is 25.7 Å². The molecule has 0 bridgehead atoms. The Morgan fingerprint density at radius 1 is 1.17 bits per heavy atom. The van der Waals surface area contributed by atoms with Gasteiger partial charge in [0.25, 0.3) is 5.91 Å². The molecule has 0 aliphatic carbocycles. The lowest BCUT2D eigenvalue weighted by atomic mass is 9.96. The zero-order valence-electron chi connectivity index (χ0n) is 14.2. The van der Waals surface area contributed by atoms with Crippen LogP contribution in [0.3, 0.4) is 0 Å². The smallest absolute Gasteiger partial charge is 0.257 e. The fourth-order valence-corrected chi connectivity index (χ4v) is 3.90. The molecule has 24 heavy (non-hydrogen) atoms. The van der Waals surface area contributed by atoms with Gasteiger partial charge < -0.3 is 9.47 Å². The number of amides is 1. The largest absolute Gasteiger partial charge is 0.338 e. The average Bonchev–Trinajstić information content (AvgIpc) is 3.14. The van der Waals surface area contributed by atoms with E-state index in [9.17, 15) is 4.79 Å². The Bertz CT molecular complexity index is 733. The van der Waals surface area contributed by atoms with E-state index in [2.05, 4.69) is 19.9 Å². The van der Waals surface area contributed by atoms with Gasteiger partial charge in [-0.2, -0.15) is 5.10 Å². The van der Waals surface area contributed by atoms with Crippen molar-refractivity contribution in [2.24, 2.45) is 7.05 Å². The number of aryl methyl sites for hydroxylation is 2. The first kappa shape index (κ1) is 15.4. The Balaban J connectivity index is 1.53. The third-order valence-corrected chi connectivity index (χ3v) is 5.16. The molecular weight excluding hydrogens is 304 g/mol. The number of carbonyl (C=O) groups excluding carboxylic acids is 1. The molecule has 7 heteroatoms. The van der Waals surface area contributed by atoms with Crippen molar-refractivity contribution in [3.8, 4) is 0 Å². The highest BCUT2D eigenvalue weighted by atomic mass is 16.2. The number of rotatable bonds is 2. The zero-order chi connectivity index (χ0) is 16.5. The topological polar surface area (TPSA) is 68.8 Å². The number of hydrogen-bond acceptors (Lipinski definition) is 4. The minimum absolute atomic E-state index is 0.0726. The van der Waals surface area contributed by atoms with Crippen LogP contribution in [0.5, 0.6) is 0 Å². The molecule has 2 aliphatic heterocycles. The summed E-state index contributed by atoms with van der Waals surface area (Å²) in [7, 11) is 1.83. The second-order valence-corrected chi connectivity index (χ2v) is 6.93. The third-order valence-electron chi connectivity index (χ3n) is 5.16. The summed E-state index contributed by atoms with van der Waals surface area (Å²) in [6.07, 6.45) is 10.2. The van der Waals surface area contributed by atoms with Gasteiger partial charge in [0.05, 0.1) is 11.8 Å². The van der Waals surface area contributed by atoms with Crippen molar-refractivity contribution in [3.63, 3.8) is 0 Å². The highest BCUT2D eigenvalue weighted by Gasteiger charge is 2.30. The van der Waals surface area contributed by atoms with Crippen LogP contribution in [0, 0.1) is 0 Å². The number of carbonyl (C=O) groups is 1. The molecule has 0 N–H and O–H groups in total. The van der Waals surface area contributed by atoms with Crippen molar-refractivity contribution in [3.05, 3.63) is 29.6 Å². The molecule has 1 unspecified atom stereocenters. The van der Waals surface area contributed by atoms with E-state index < -0.39 is 0 Å². The summed E-state index contributed by atoms with van der Waals surface area (Å²) in [6.45, 7) is 2.56. The number of hydrogen-bond donors (Lipinski definition) is 0. The normalized spacial score (nSPS) is 21.4. The van der Waals surface area contributed by atoms with E-state index in [1.54, 1.807) is 17.1 Å². The van der Waals surface area contributed by atoms with Gasteiger partial charge in [-0.3, -0.25) is 9.48 Å². The van der Waals surface area contributed by atoms with Crippen LogP contribution in [0.4, 0.5) is 0 Å². The van der Waals surface area contributed by atoms with Crippen LogP contribution < -0.4 is 0 Å². The summed E-state index contributed by atoms with van der Waals surface area (Å²) in [5.41, 5.74) is 0.665. The van der Waals surface area contributed by atoms with Gasteiger partial charge in [0.15, 0.2) is 0 Å². The third kappa shape index (κ3) is 2.83. The standard InChI is InChI=1S/C17H24N6O/c1-21-11-14(10-18-21)17(24)22-8-5-6-13(12-22)16-20-19-15-7-3-2-4-9-23(15)16/h10-11,13H,2-9,12H2,1H3. The molecule has 4 heterocycles. The van der Waals surface area contributed by atoms with E-state index in [1.807, 2.05) is 11.9 Å². The lowest BCUT2D eigenvalue weighted by Crippen LogP contribution is -2.39. The minimum atomic E-state index is 0.0726. The summed E-state index contributed by atoms with van der Waals surface area (Å²) >= 11 is 0. The van der Waals surface area contributed by atoms with Gasteiger partial charge in [-0.15, -0.1) is 10.2 Å². The first-order valence-electron chi connectivity index (χ1n) is 8.92. The fourth-order valence-electron chi connectivity index (χ4n) is 3.90. The average molecular weight is 328 g/mol. The number of nitrogens with zero attached hydrogens (tertiary/aromatic N) is 6. The molecule has 0 spiro atoms. The quantitative estimate of drug-likeness (QED) is 0.842. The van der Waals surface area contributed by atoms with Gasteiger partial charge in [-0.25, -0.2) is 0 Å². The molecule has 2 aromatic rings. The SMILES string of the molecule is Cn1cc(C(=O)N2CCCC(c3nnc4n3CCCCC4)C2)cn1. The molecule has 7 nitrogen and oxygen atoms in total. The molecule has 0 aromatic carbocycles. The summed E-state index contributed by atoms with van der Waals surface area (Å²) in [4.78, 5) is 14.6. The highest BCUT2D eigenvalue weighted by molar-refractivity contribution is 5.93. The molecule has 2 aliphatic rings. The first-order valence-corrected chi connectivity index (χ1v) is 8.92. The predicted molar refractivity (Wildman–Crippen MR) is 88.7 cm³/mol. The van der Waals surface area contributed by atoms with E-state index >= 15 is 0 Å². The van der Waals surface area contributed by atoms with Gasteiger partial charge in [0.2, 0.25) is 0 Å². The number of aromatic nitrogens is 5. The Hall–Kier alpha value is -2.18. The molecule has 128 valence electrons. The molecule has 1 saturated heterocycles. The Morgan fingerprint density at radius 3 is 2.92 bits per heavy atom. The lowest BCUT2D eigenvalue weighted by molar-refractivity contribution is 0.0703. The Kier molecular flexibility index (Phi) is 4.08. The fraction of sp³-hybridized carbons (Fsp3) is 0.647. The predicted octanol–water partition coefficient (Wildman–Crippen LogP) is 1.76. The van der Waals surface area contributed by atoms with Crippen molar-refractivity contribution in [1.82, 2.24) is 29.4 Å². The second kappa shape index (κ2) is 6.37. The van der Waals surface area contributed by atoms with Gasteiger partial charge in [0.1, 0.15) is 11.6 Å². The van der Waals surface area contributed by atoms with Crippen molar-refractivity contribution >= 4 is 5.91 Å². The van der Waals surface area contributed by atoms with Gasteiger partial charge in [-0.1, -0.05) is 6.42 Å². The molecule has 4 rings (SSSR count). The molecule has 1 atom stereocenters. The van der Waals surface area contributed by atoms with Crippen LogP contribution in [-0.2, 0) is 20.0 Å². The van der Waals surface area contributed by atoms with Crippen LogP contribution in [0.15, 0.2) is 12.4 Å². The van der Waals surface area contributed by atoms with Crippen molar-refractivity contribution < 1.29 is 4.79 Å². The molecule has 1 fully saturated rings. The van der Waals surface area contributed by atoms with Crippen LogP contribution in [0.1, 0.15) is 60.0 Å². The van der Waals surface area contributed by atoms with Crippen molar-refractivity contribution in [2.75, 3.05) is 13.1 Å². The van der Waals surface area contributed by atoms with E-state index in [1.165, 1.54) is 19.3 Å². The van der Waals surface area contributed by atoms with E-state index in [0.717, 1.165) is 50.5 Å². The Morgan fingerprint density at radius 2 is 2.08 bits per heavy atom. The molecule has 1 amide bonds. The van der Waals surface area contributed by atoms with Gasteiger partial charge >= 0.3 is 0 Å². The van der Waals surface area contributed by atoms with Crippen molar-refractivity contribution in [1.29, 1.82) is 0 Å². The maximum absolute atomic E-state index is 12.7. The van der Waals surface area contributed by atoms with Crippen LogP contribution in [0.25, 0.3) is 0 Å². The summed E-state index contributed by atoms with van der Waals surface area (Å²) in [6, 6.07) is 0. The first-order chi connectivity index (χ1) is 11.7. The van der Waals surface area contributed by atoms with E-state index in [0.29, 0.717) is 11.5 Å². The van der Waals surface area contributed by atoms with Crippen LogP contribution >= 0.6 is 0 Å². The number of piperidine rings is 1. The molecular formula is C17H24N6O. The molecule has 0 saturated carbocycles. The van der Waals surface area contributed by atoms with Crippen molar-refractivity contribution in [2.45, 2.75) is 51.0 Å². The number of likely N-dealkylation sites (tertiary alicyclic amines) is 1. The summed E-state index contributed by atoms with van der Waals surface area (Å²) in [5.74, 6) is 2.57. The maximum Gasteiger partial charge on any atom is 0.257 e. The van der Waals surface area contributed by atoms with Crippen LogP contribution in [0.2, 0.25) is 0 Å². The monoisotopic (exact) mass is 328 g/mol.